The zero-order valence-electron chi connectivity index (χ0n) is 19.8. The summed E-state index contributed by atoms with van der Waals surface area (Å²) in [4.78, 5) is 15.0. The molecule has 184 valence electrons. The Morgan fingerprint density at radius 3 is 2.35 bits per heavy atom. The average Bonchev–Trinajstić information content (AvgIpc) is 3.12. The first kappa shape index (κ1) is 24.5. The van der Waals surface area contributed by atoms with Gasteiger partial charge in [-0.25, -0.2) is 8.42 Å². The third-order valence-electron chi connectivity index (χ3n) is 6.51. The minimum Gasteiger partial charge on any atom is -0.490 e. The van der Waals surface area contributed by atoms with Gasteiger partial charge in [0.1, 0.15) is 0 Å². The number of rotatable bonds is 7. The van der Waals surface area contributed by atoms with Crippen LogP contribution in [-0.4, -0.2) is 75.5 Å². The van der Waals surface area contributed by atoms with Crippen molar-refractivity contribution in [1.82, 2.24) is 14.5 Å². The topological polar surface area (TPSA) is 88.2 Å². The van der Waals surface area contributed by atoms with Crippen LogP contribution >= 0.6 is 0 Å². The number of hydrogen-bond donors (Lipinski definition) is 1. The molecular formula is C25H33N3O5S. The maximum Gasteiger partial charge on any atom is 0.243 e. The Balaban J connectivity index is 1.31. The summed E-state index contributed by atoms with van der Waals surface area (Å²) in [5, 5.41) is 3.04. The minimum absolute atomic E-state index is 0.0398. The lowest BCUT2D eigenvalue weighted by molar-refractivity contribution is -0.126. The number of nitrogens with zero attached hydrogens (tertiary/aromatic N) is 2. The summed E-state index contributed by atoms with van der Waals surface area (Å²) in [7, 11) is -3.66. The van der Waals surface area contributed by atoms with E-state index in [-0.39, 0.29) is 22.8 Å². The highest BCUT2D eigenvalue weighted by atomic mass is 32.2. The molecule has 0 unspecified atom stereocenters. The molecule has 1 N–H and O–H groups in total. The number of carbonyl (C=O) groups excluding carboxylic acids is 1. The van der Waals surface area contributed by atoms with Gasteiger partial charge in [-0.2, -0.15) is 4.31 Å². The number of piperazine rings is 1. The molecular weight excluding hydrogens is 454 g/mol. The fourth-order valence-corrected chi connectivity index (χ4v) is 5.69. The first-order valence-corrected chi connectivity index (χ1v) is 13.3. The average molecular weight is 488 g/mol. The minimum atomic E-state index is -3.66. The van der Waals surface area contributed by atoms with Gasteiger partial charge in [0.05, 0.1) is 24.2 Å². The zero-order chi connectivity index (χ0) is 24.1. The Kier molecular flexibility index (Phi) is 7.75. The number of amides is 1. The summed E-state index contributed by atoms with van der Waals surface area (Å²) < 4.78 is 39.2. The zero-order valence-corrected chi connectivity index (χ0v) is 20.6. The number of sulfonamides is 1. The van der Waals surface area contributed by atoms with Crippen molar-refractivity contribution in [2.45, 2.75) is 37.1 Å². The summed E-state index contributed by atoms with van der Waals surface area (Å²) in [6.07, 6.45) is 0.760. The van der Waals surface area contributed by atoms with E-state index in [1.165, 1.54) is 9.87 Å². The normalized spacial score (nSPS) is 19.1. The molecule has 2 aliphatic heterocycles. The van der Waals surface area contributed by atoms with E-state index in [1.54, 1.807) is 18.2 Å². The number of benzene rings is 2. The summed E-state index contributed by atoms with van der Waals surface area (Å²) in [6, 6.07) is 14.5. The number of ether oxygens (including phenoxy) is 2. The van der Waals surface area contributed by atoms with Crippen molar-refractivity contribution in [3.05, 3.63) is 54.1 Å². The van der Waals surface area contributed by atoms with Gasteiger partial charge in [0.15, 0.2) is 11.5 Å². The predicted octanol–water partition coefficient (Wildman–Crippen LogP) is 2.46. The highest BCUT2D eigenvalue weighted by Crippen LogP contribution is 2.33. The molecule has 1 fully saturated rings. The molecule has 1 amide bonds. The van der Waals surface area contributed by atoms with Crippen molar-refractivity contribution < 1.29 is 22.7 Å². The van der Waals surface area contributed by atoms with E-state index in [9.17, 15) is 13.2 Å². The van der Waals surface area contributed by atoms with Crippen molar-refractivity contribution in [3.63, 3.8) is 0 Å². The standard InChI is InChI=1S/C25H33N3O5S/c1-19(21-7-4-3-5-8-21)18-26-25(29)20(2)27-11-13-28(14-12-27)34(30,31)22-9-10-23-24(17-22)33-16-6-15-32-23/h3-5,7-10,17,19-20H,6,11-16,18H2,1-2H3,(H,26,29)/t19-,20+/m0/s1. The lowest BCUT2D eigenvalue weighted by Crippen LogP contribution is -2.55. The molecule has 4 rings (SSSR count). The van der Waals surface area contributed by atoms with Crippen LogP contribution in [0.15, 0.2) is 53.4 Å². The van der Waals surface area contributed by atoms with Gasteiger partial charge < -0.3 is 14.8 Å². The molecule has 2 atom stereocenters. The van der Waals surface area contributed by atoms with E-state index >= 15 is 0 Å². The van der Waals surface area contributed by atoms with Crippen molar-refractivity contribution in [1.29, 1.82) is 0 Å². The largest absolute Gasteiger partial charge is 0.490 e. The van der Waals surface area contributed by atoms with Crippen molar-refractivity contribution in [2.75, 3.05) is 45.9 Å². The number of carbonyl (C=O) groups is 1. The maximum absolute atomic E-state index is 13.2. The van der Waals surface area contributed by atoms with Crippen LogP contribution in [0, 0.1) is 0 Å². The van der Waals surface area contributed by atoms with E-state index in [0.717, 1.165) is 6.42 Å². The molecule has 2 aromatic carbocycles. The monoisotopic (exact) mass is 487 g/mol. The van der Waals surface area contributed by atoms with Crippen molar-refractivity contribution in [3.8, 4) is 11.5 Å². The van der Waals surface area contributed by atoms with Crippen LogP contribution in [0.4, 0.5) is 0 Å². The quantitative estimate of drug-likeness (QED) is 0.646. The Hall–Kier alpha value is -2.62. The third kappa shape index (κ3) is 5.54. The number of nitrogens with one attached hydrogen (secondary N) is 1. The molecule has 2 heterocycles. The number of fused-ring (bicyclic) bond motifs is 1. The highest BCUT2D eigenvalue weighted by Gasteiger charge is 2.32. The smallest absolute Gasteiger partial charge is 0.243 e. The second-order valence-corrected chi connectivity index (χ2v) is 10.8. The summed E-state index contributed by atoms with van der Waals surface area (Å²) >= 11 is 0. The lowest BCUT2D eigenvalue weighted by atomic mass is 10.0. The molecule has 0 aromatic heterocycles. The molecule has 34 heavy (non-hydrogen) atoms. The second kappa shape index (κ2) is 10.8. The Morgan fingerprint density at radius 1 is 0.971 bits per heavy atom. The fraction of sp³-hybridized carbons (Fsp3) is 0.480. The highest BCUT2D eigenvalue weighted by molar-refractivity contribution is 7.89. The molecule has 0 bridgehead atoms. The van der Waals surface area contributed by atoms with Crippen LogP contribution in [0.25, 0.3) is 0 Å². The second-order valence-electron chi connectivity index (χ2n) is 8.83. The van der Waals surface area contributed by atoms with E-state index < -0.39 is 10.0 Å². The van der Waals surface area contributed by atoms with Crippen molar-refractivity contribution in [2.24, 2.45) is 0 Å². The van der Waals surface area contributed by atoms with Crippen LogP contribution in [0.3, 0.4) is 0 Å². The molecule has 0 saturated carbocycles. The van der Waals surface area contributed by atoms with Crippen LogP contribution in [0.2, 0.25) is 0 Å². The van der Waals surface area contributed by atoms with Gasteiger partial charge >= 0.3 is 0 Å². The molecule has 9 heteroatoms. The first-order chi connectivity index (χ1) is 16.4. The molecule has 0 radical (unpaired) electrons. The van der Waals surface area contributed by atoms with Crippen LogP contribution in [-0.2, 0) is 14.8 Å². The molecule has 2 aromatic rings. The SMILES string of the molecule is C[C@H](C(=O)NC[C@H](C)c1ccccc1)N1CCN(S(=O)(=O)c2ccc3c(c2)OCCCO3)CC1. The van der Waals surface area contributed by atoms with Gasteiger partial charge in [0.2, 0.25) is 15.9 Å². The van der Waals surface area contributed by atoms with E-state index in [1.807, 2.05) is 30.0 Å². The van der Waals surface area contributed by atoms with Crippen LogP contribution in [0.5, 0.6) is 11.5 Å². The predicted molar refractivity (Wildman–Crippen MR) is 130 cm³/mol. The lowest BCUT2D eigenvalue weighted by Gasteiger charge is -2.36. The maximum atomic E-state index is 13.2. The van der Waals surface area contributed by atoms with Gasteiger partial charge in [-0.3, -0.25) is 9.69 Å². The summed E-state index contributed by atoms with van der Waals surface area (Å²) in [5.74, 6) is 1.21. The van der Waals surface area contributed by atoms with E-state index in [0.29, 0.717) is 57.4 Å². The van der Waals surface area contributed by atoms with Crippen LogP contribution in [0.1, 0.15) is 31.7 Å². The van der Waals surface area contributed by atoms with E-state index in [2.05, 4.69) is 24.4 Å². The van der Waals surface area contributed by atoms with Gasteiger partial charge in [-0.1, -0.05) is 37.3 Å². The molecule has 0 spiro atoms. The third-order valence-corrected chi connectivity index (χ3v) is 8.40. The van der Waals surface area contributed by atoms with Gasteiger partial charge in [0, 0.05) is 45.2 Å². The Labute approximate surface area is 201 Å². The number of hydrogen-bond acceptors (Lipinski definition) is 6. The molecule has 8 nitrogen and oxygen atoms in total. The first-order valence-electron chi connectivity index (χ1n) is 11.8. The van der Waals surface area contributed by atoms with Crippen LogP contribution < -0.4 is 14.8 Å². The van der Waals surface area contributed by atoms with E-state index in [4.69, 9.17) is 9.47 Å². The van der Waals surface area contributed by atoms with Crippen molar-refractivity contribution >= 4 is 15.9 Å². The molecule has 0 aliphatic carbocycles. The Morgan fingerprint density at radius 2 is 1.65 bits per heavy atom. The summed E-state index contributed by atoms with van der Waals surface area (Å²) in [5.41, 5.74) is 1.18. The molecule has 2 aliphatic rings. The molecule has 1 saturated heterocycles. The van der Waals surface area contributed by atoms with Gasteiger partial charge in [-0.05, 0) is 30.5 Å². The Bertz CT molecular complexity index is 1080. The summed E-state index contributed by atoms with van der Waals surface area (Å²) in [6.45, 7) is 7.21. The van der Waals surface area contributed by atoms with Gasteiger partial charge in [-0.15, -0.1) is 0 Å². The fourth-order valence-electron chi connectivity index (χ4n) is 4.25. The van der Waals surface area contributed by atoms with Gasteiger partial charge in [0.25, 0.3) is 0 Å².